The van der Waals surface area contributed by atoms with Gasteiger partial charge in [0.15, 0.2) is 5.58 Å². The van der Waals surface area contributed by atoms with Crippen molar-refractivity contribution in [2.45, 2.75) is 0 Å². The Morgan fingerprint density at radius 2 is 0.842 bits per heavy atom. The van der Waals surface area contributed by atoms with Gasteiger partial charge in [0.25, 0.3) is 0 Å². The van der Waals surface area contributed by atoms with Gasteiger partial charge in [-0.3, -0.25) is 0 Å². The van der Waals surface area contributed by atoms with Crippen LogP contribution in [0.4, 0.5) is 17.1 Å². The Kier molecular flexibility index (Phi) is 6.93. The summed E-state index contributed by atoms with van der Waals surface area (Å²) in [5.74, 6) is 0. The van der Waals surface area contributed by atoms with Crippen molar-refractivity contribution in [3.63, 3.8) is 0 Å². The summed E-state index contributed by atoms with van der Waals surface area (Å²) in [6.45, 7) is 0. The fraction of sp³-hybridized carbons (Fsp3) is 0. The molecule has 0 spiro atoms. The molecule has 2 aromatic heterocycles. The summed E-state index contributed by atoms with van der Waals surface area (Å²) in [6, 6.07) is 71.6. The van der Waals surface area contributed by atoms with Crippen LogP contribution in [0.2, 0.25) is 0 Å². The van der Waals surface area contributed by atoms with Gasteiger partial charge in [0.05, 0.1) is 11.4 Å². The van der Waals surface area contributed by atoms with Crippen molar-refractivity contribution < 1.29 is 8.83 Å². The van der Waals surface area contributed by atoms with Crippen LogP contribution >= 0.6 is 0 Å². The molecule has 0 bridgehead atoms. The van der Waals surface area contributed by atoms with Crippen LogP contribution in [-0.4, -0.2) is 0 Å². The lowest BCUT2D eigenvalue weighted by Gasteiger charge is -2.31. The predicted molar refractivity (Wildman–Crippen MR) is 239 cm³/mol. The van der Waals surface area contributed by atoms with Crippen LogP contribution in [-0.2, 0) is 0 Å². The lowest BCUT2D eigenvalue weighted by molar-refractivity contribution is 0.669. The monoisotopic (exact) mass is 727 g/mol. The molecule has 0 saturated carbocycles. The highest BCUT2D eigenvalue weighted by atomic mass is 16.3. The van der Waals surface area contributed by atoms with Crippen molar-refractivity contribution in [1.82, 2.24) is 0 Å². The summed E-state index contributed by atoms with van der Waals surface area (Å²) < 4.78 is 13.5. The minimum Gasteiger partial charge on any atom is -0.455 e. The highest BCUT2D eigenvalue weighted by Crippen LogP contribution is 2.52. The van der Waals surface area contributed by atoms with Crippen molar-refractivity contribution in [3.05, 3.63) is 200 Å². The average Bonchev–Trinajstić information content (AvgIpc) is 3.86. The van der Waals surface area contributed by atoms with Gasteiger partial charge in [0, 0.05) is 43.7 Å². The van der Waals surface area contributed by atoms with Crippen molar-refractivity contribution in [2.75, 3.05) is 4.90 Å². The third-order valence-corrected chi connectivity index (χ3v) is 11.6. The standard InChI is InChI=1S/C54H33NO2/c1-2-19-37-34(15-1)16-12-27-43(37)51-44-24-5-3-20-39(44)40-21-4-6-25-45(40)52(51)55(48-30-14-29-47-42-23-8-10-32-50(42)57-54(47)48)36-18-11-17-35(33-36)38-26-13-28-46-41-22-7-9-31-49(41)56-53(38)46/h1-33H. The molecular weight excluding hydrogens is 695 g/mol. The van der Waals surface area contributed by atoms with Gasteiger partial charge >= 0.3 is 0 Å². The molecule has 0 fully saturated rings. The molecule has 12 rings (SSSR count). The minimum absolute atomic E-state index is 0.838. The van der Waals surface area contributed by atoms with Gasteiger partial charge in [-0.1, -0.05) is 170 Å². The zero-order chi connectivity index (χ0) is 37.5. The lowest BCUT2D eigenvalue weighted by atomic mass is 9.88. The number of benzene rings is 10. The molecule has 0 radical (unpaired) electrons. The number of rotatable bonds is 5. The van der Waals surface area contributed by atoms with E-state index in [1.54, 1.807) is 0 Å². The predicted octanol–water partition coefficient (Wildman–Crippen LogP) is 15.7. The first-order chi connectivity index (χ1) is 28.3. The van der Waals surface area contributed by atoms with E-state index < -0.39 is 0 Å². The molecule has 0 aliphatic rings. The first-order valence-corrected chi connectivity index (χ1v) is 19.4. The Balaban J connectivity index is 1.23. The Bertz CT molecular complexity index is 3550. The quantitative estimate of drug-likeness (QED) is 0.165. The second-order valence-corrected chi connectivity index (χ2v) is 14.8. The number of hydrogen-bond acceptors (Lipinski definition) is 3. The van der Waals surface area contributed by atoms with Gasteiger partial charge in [-0.05, 0) is 68.4 Å². The molecule has 0 aliphatic heterocycles. The van der Waals surface area contributed by atoms with E-state index in [2.05, 4.69) is 187 Å². The van der Waals surface area contributed by atoms with E-state index in [1.807, 2.05) is 18.2 Å². The summed E-state index contributed by atoms with van der Waals surface area (Å²) in [7, 11) is 0. The van der Waals surface area contributed by atoms with Crippen LogP contribution in [0.15, 0.2) is 209 Å². The van der Waals surface area contributed by atoms with E-state index in [9.17, 15) is 0 Å². The molecule has 12 aromatic rings. The molecule has 0 saturated heterocycles. The molecule has 0 N–H and O–H groups in total. The highest BCUT2D eigenvalue weighted by Gasteiger charge is 2.27. The zero-order valence-electron chi connectivity index (χ0n) is 30.8. The van der Waals surface area contributed by atoms with E-state index in [1.165, 1.54) is 38.1 Å². The van der Waals surface area contributed by atoms with Crippen LogP contribution < -0.4 is 4.90 Å². The van der Waals surface area contributed by atoms with E-state index in [4.69, 9.17) is 8.83 Å². The third kappa shape index (κ3) is 4.79. The van der Waals surface area contributed by atoms with Gasteiger partial charge in [0.2, 0.25) is 0 Å². The molecule has 2 heterocycles. The molecule has 3 nitrogen and oxygen atoms in total. The van der Waals surface area contributed by atoms with Crippen molar-refractivity contribution >= 4 is 93.3 Å². The maximum Gasteiger partial charge on any atom is 0.159 e. The Hall–Kier alpha value is -7.62. The molecule has 10 aromatic carbocycles. The van der Waals surface area contributed by atoms with Crippen LogP contribution in [0, 0.1) is 0 Å². The van der Waals surface area contributed by atoms with Crippen molar-refractivity contribution in [2.24, 2.45) is 0 Å². The van der Waals surface area contributed by atoms with Gasteiger partial charge in [-0.15, -0.1) is 0 Å². The third-order valence-electron chi connectivity index (χ3n) is 11.6. The molecule has 57 heavy (non-hydrogen) atoms. The number of anilines is 3. The maximum atomic E-state index is 6.87. The maximum absolute atomic E-state index is 6.87. The van der Waals surface area contributed by atoms with Crippen LogP contribution in [0.5, 0.6) is 0 Å². The number of nitrogens with zero attached hydrogens (tertiary/aromatic N) is 1. The second kappa shape index (κ2) is 12.5. The number of furan rings is 2. The summed E-state index contributed by atoms with van der Waals surface area (Å²) in [4.78, 5) is 2.44. The topological polar surface area (TPSA) is 29.5 Å². The highest BCUT2D eigenvalue weighted by molar-refractivity contribution is 6.25. The van der Waals surface area contributed by atoms with E-state index >= 15 is 0 Å². The first-order valence-electron chi connectivity index (χ1n) is 19.4. The number of hydrogen-bond donors (Lipinski definition) is 0. The molecule has 0 atom stereocenters. The van der Waals surface area contributed by atoms with Gasteiger partial charge in [-0.2, -0.15) is 0 Å². The summed E-state index contributed by atoms with van der Waals surface area (Å²) in [5.41, 5.74) is 11.0. The smallest absolute Gasteiger partial charge is 0.159 e. The van der Waals surface area contributed by atoms with E-state index in [0.717, 1.165) is 77.5 Å². The molecule has 3 heteroatoms. The second-order valence-electron chi connectivity index (χ2n) is 14.8. The summed E-state index contributed by atoms with van der Waals surface area (Å²) in [5, 5.41) is 11.5. The normalized spacial score (nSPS) is 11.9. The number of fused-ring (bicyclic) bond motifs is 10. The zero-order valence-corrected chi connectivity index (χ0v) is 30.8. The fourth-order valence-corrected chi connectivity index (χ4v) is 9.16. The molecule has 266 valence electrons. The SMILES string of the molecule is c1cc(-c2cccc3c2oc2ccccc23)cc(N(c2c(-c3cccc4ccccc34)c3ccccc3c3ccccc23)c2cccc3c2oc2ccccc23)c1. The average molecular weight is 728 g/mol. The number of para-hydroxylation sites is 4. The molecule has 0 amide bonds. The largest absolute Gasteiger partial charge is 0.455 e. The minimum atomic E-state index is 0.838. The van der Waals surface area contributed by atoms with E-state index in [0.29, 0.717) is 0 Å². The van der Waals surface area contributed by atoms with Crippen LogP contribution in [0.1, 0.15) is 0 Å². The van der Waals surface area contributed by atoms with Crippen molar-refractivity contribution in [3.8, 4) is 22.3 Å². The molecular formula is C54H33NO2. The fourth-order valence-electron chi connectivity index (χ4n) is 9.16. The van der Waals surface area contributed by atoms with Crippen LogP contribution in [0.25, 0.3) is 98.4 Å². The van der Waals surface area contributed by atoms with Crippen LogP contribution in [0.3, 0.4) is 0 Å². The molecule has 0 unspecified atom stereocenters. The van der Waals surface area contributed by atoms with Gasteiger partial charge in [0.1, 0.15) is 16.7 Å². The summed E-state index contributed by atoms with van der Waals surface area (Å²) in [6.07, 6.45) is 0. The van der Waals surface area contributed by atoms with Crippen molar-refractivity contribution in [1.29, 1.82) is 0 Å². The lowest BCUT2D eigenvalue weighted by Crippen LogP contribution is -2.13. The van der Waals surface area contributed by atoms with Gasteiger partial charge < -0.3 is 13.7 Å². The van der Waals surface area contributed by atoms with E-state index in [-0.39, 0.29) is 0 Å². The Labute approximate surface area is 328 Å². The molecule has 0 aliphatic carbocycles. The summed E-state index contributed by atoms with van der Waals surface area (Å²) >= 11 is 0. The van der Waals surface area contributed by atoms with Gasteiger partial charge in [-0.25, -0.2) is 0 Å². The Morgan fingerprint density at radius 3 is 1.61 bits per heavy atom. The first kappa shape index (κ1) is 31.7. The Morgan fingerprint density at radius 1 is 0.333 bits per heavy atom.